The van der Waals surface area contributed by atoms with E-state index >= 15 is 0 Å². The molecular formula is C15H24N6. The molecule has 0 amide bonds. The van der Waals surface area contributed by atoms with E-state index in [1.165, 1.54) is 5.56 Å². The van der Waals surface area contributed by atoms with E-state index in [2.05, 4.69) is 52.5 Å². The first kappa shape index (κ1) is 15.4. The molecule has 21 heavy (non-hydrogen) atoms. The van der Waals surface area contributed by atoms with Crippen molar-refractivity contribution in [3.63, 3.8) is 0 Å². The predicted octanol–water partition coefficient (Wildman–Crippen LogP) is 1.80. The van der Waals surface area contributed by atoms with E-state index in [1.807, 2.05) is 30.9 Å². The Morgan fingerprint density at radius 2 is 2.10 bits per heavy atom. The first-order chi connectivity index (χ1) is 9.99. The molecule has 6 heteroatoms. The Hall–Kier alpha value is -1.95. The molecule has 2 rings (SSSR count). The van der Waals surface area contributed by atoms with Gasteiger partial charge >= 0.3 is 0 Å². The minimum atomic E-state index is 0.249. The Morgan fingerprint density at radius 3 is 2.67 bits per heavy atom. The normalized spacial score (nSPS) is 12.7. The summed E-state index contributed by atoms with van der Waals surface area (Å²) >= 11 is 0. The van der Waals surface area contributed by atoms with Crippen molar-refractivity contribution in [2.75, 3.05) is 26.0 Å². The SMILES string of the molecule is CCc1cc(NCC(c2cnn(C)c2)N(C)C)nc(C)n1. The molecule has 1 atom stereocenters. The molecule has 114 valence electrons. The molecule has 0 aliphatic rings. The maximum Gasteiger partial charge on any atom is 0.129 e. The lowest BCUT2D eigenvalue weighted by Gasteiger charge is -2.24. The number of rotatable bonds is 6. The van der Waals surface area contributed by atoms with E-state index in [1.54, 1.807) is 0 Å². The van der Waals surface area contributed by atoms with Crippen molar-refractivity contribution in [2.24, 2.45) is 7.05 Å². The van der Waals surface area contributed by atoms with E-state index in [9.17, 15) is 0 Å². The van der Waals surface area contributed by atoms with Gasteiger partial charge in [-0.2, -0.15) is 5.10 Å². The van der Waals surface area contributed by atoms with Gasteiger partial charge in [0.05, 0.1) is 12.2 Å². The Kier molecular flexibility index (Phi) is 4.90. The molecule has 0 spiro atoms. The fraction of sp³-hybridized carbons (Fsp3) is 0.533. The molecule has 0 aliphatic heterocycles. The van der Waals surface area contributed by atoms with E-state index in [0.29, 0.717) is 0 Å². The average molecular weight is 288 g/mol. The summed E-state index contributed by atoms with van der Waals surface area (Å²) in [6.07, 6.45) is 4.88. The van der Waals surface area contributed by atoms with Crippen LogP contribution in [0.15, 0.2) is 18.5 Å². The average Bonchev–Trinajstić information content (AvgIpc) is 2.84. The molecule has 6 nitrogen and oxygen atoms in total. The summed E-state index contributed by atoms with van der Waals surface area (Å²) in [4.78, 5) is 11.0. The molecule has 0 aromatic carbocycles. The molecule has 1 unspecified atom stereocenters. The van der Waals surface area contributed by atoms with Crippen LogP contribution >= 0.6 is 0 Å². The Labute approximate surface area is 126 Å². The molecule has 0 radical (unpaired) electrons. The lowest BCUT2D eigenvalue weighted by atomic mass is 10.1. The maximum atomic E-state index is 4.45. The topological polar surface area (TPSA) is 58.9 Å². The molecule has 0 saturated heterocycles. The zero-order valence-electron chi connectivity index (χ0n) is 13.5. The first-order valence-electron chi connectivity index (χ1n) is 7.23. The van der Waals surface area contributed by atoms with E-state index in [4.69, 9.17) is 0 Å². The lowest BCUT2D eigenvalue weighted by Crippen LogP contribution is -2.27. The Balaban J connectivity index is 2.10. The van der Waals surface area contributed by atoms with Gasteiger partial charge in [0.25, 0.3) is 0 Å². The van der Waals surface area contributed by atoms with Crippen molar-refractivity contribution in [3.8, 4) is 0 Å². The highest BCUT2D eigenvalue weighted by molar-refractivity contribution is 5.36. The van der Waals surface area contributed by atoms with Gasteiger partial charge in [-0.25, -0.2) is 9.97 Å². The number of hydrogen-bond acceptors (Lipinski definition) is 5. The molecule has 0 fully saturated rings. The van der Waals surface area contributed by atoms with Crippen molar-refractivity contribution in [3.05, 3.63) is 35.5 Å². The number of likely N-dealkylation sites (N-methyl/N-ethyl adjacent to an activating group) is 1. The Morgan fingerprint density at radius 1 is 1.33 bits per heavy atom. The van der Waals surface area contributed by atoms with Gasteiger partial charge in [0.15, 0.2) is 0 Å². The van der Waals surface area contributed by atoms with E-state index in [-0.39, 0.29) is 6.04 Å². The monoisotopic (exact) mass is 288 g/mol. The van der Waals surface area contributed by atoms with Gasteiger partial charge in [0.2, 0.25) is 0 Å². The van der Waals surface area contributed by atoms with E-state index in [0.717, 1.165) is 30.3 Å². The summed E-state index contributed by atoms with van der Waals surface area (Å²) < 4.78 is 1.83. The maximum absolute atomic E-state index is 4.45. The number of aryl methyl sites for hydroxylation is 3. The second-order valence-electron chi connectivity index (χ2n) is 5.45. The molecule has 1 N–H and O–H groups in total. The number of aromatic nitrogens is 4. The molecule has 0 aliphatic carbocycles. The summed E-state index contributed by atoms with van der Waals surface area (Å²) in [5, 5.41) is 7.67. The quantitative estimate of drug-likeness (QED) is 0.878. The molecule has 2 aromatic heterocycles. The van der Waals surface area contributed by atoms with Crippen molar-refractivity contribution in [1.82, 2.24) is 24.6 Å². The Bertz CT molecular complexity index is 590. The summed E-state index contributed by atoms with van der Waals surface area (Å²) in [5.41, 5.74) is 2.25. The molecule has 0 saturated carbocycles. The zero-order valence-corrected chi connectivity index (χ0v) is 13.5. The van der Waals surface area contributed by atoms with Crippen molar-refractivity contribution < 1.29 is 0 Å². The van der Waals surface area contributed by atoms with Gasteiger partial charge in [-0.15, -0.1) is 0 Å². The highest BCUT2D eigenvalue weighted by Gasteiger charge is 2.16. The second-order valence-corrected chi connectivity index (χ2v) is 5.45. The van der Waals surface area contributed by atoms with Crippen LogP contribution in [-0.4, -0.2) is 45.3 Å². The van der Waals surface area contributed by atoms with Gasteiger partial charge < -0.3 is 10.2 Å². The van der Waals surface area contributed by atoms with Gasteiger partial charge in [-0.3, -0.25) is 4.68 Å². The van der Waals surface area contributed by atoms with Crippen molar-refractivity contribution in [1.29, 1.82) is 0 Å². The van der Waals surface area contributed by atoms with Crippen LogP contribution in [0.1, 0.15) is 30.0 Å². The van der Waals surface area contributed by atoms with Gasteiger partial charge in [0.1, 0.15) is 11.6 Å². The summed E-state index contributed by atoms with van der Waals surface area (Å²) in [6.45, 7) is 4.80. The molecule has 0 bridgehead atoms. The minimum Gasteiger partial charge on any atom is -0.368 e. The first-order valence-corrected chi connectivity index (χ1v) is 7.23. The minimum absolute atomic E-state index is 0.249. The van der Waals surface area contributed by atoms with Gasteiger partial charge in [0, 0.05) is 37.1 Å². The van der Waals surface area contributed by atoms with E-state index < -0.39 is 0 Å². The molecule has 2 heterocycles. The van der Waals surface area contributed by atoms with Crippen molar-refractivity contribution in [2.45, 2.75) is 26.3 Å². The van der Waals surface area contributed by atoms with Crippen LogP contribution in [0.2, 0.25) is 0 Å². The predicted molar refractivity (Wildman–Crippen MR) is 84.3 cm³/mol. The van der Waals surface area contributed by atoms with Crippen LogP contribution in [0, 0.1) is 6.92 Å². The second kappa shape index (κ2) is 6.67. The zero-order chi connectivity index (χ0) is 15.4. The van der Waals surface area contributed by atoms with Crippen molar-refractivity contribution >= 4 is 5.82 Å². The summed E-state index contributed by atoms with van der Waals surface area (Å²) in [7, 11) is 6.08. The number of nitrogens with zero attached hydrogens (tertiary/aromatic N) is 5. The van der Waals surface area contributed by atoms with Crippen LogP contribution in [0.3, 0.4) is 0 Å². The number of anilines is 1. The third-order valence-electron chi connectivity index (χ3n) is 3.46. The fourth-order valence-corrected chi connectivity index (χ4v) is 2.31. The van der Waals surface area contributed by atoms with Gasteiger partial charge in [-0.1, -0.05) is 6.92 Å². The fourth-order valence-electron chi connectivity index (χ4n) is 2.31. The standard InChI is InChI=1S/C15H24N6/c1-6-13-7-15(19-11(2)18-13)16-9-14(20(3)4)12-8-17-21(5)10-12/h7-8,10,14H,6,9H2,1-5H3,(H,16,18,19). The summed E-state index contributed by atoms with van der Waals surface area (Å²) in [6, 6.07) is 2.27. The largest absolute Gasteiger partial charge is 0.368 e. The highest BCUT2D eigenvalue weighted by Crippen LogP contribution is 2.18. The molecule has 2 aromatic rings. The number of hydrogen-bond donors (Lipinski definition) is 1. The third kappa shape index (κ3) is 4.01. The highest BCUT2D eigenvalue weighted by atomic mass is 15.2. The number of nitrogens with one attached hydrogen (secondary N) is 1. The lowest BCUT2D eigenvalue weighted by molar-refractivity contribution is 0.311. The van der Waals surface area contributed by atoms with Crippen LogP contribution < -0.4 is 5.32 Å². The summed E-state index contributed by atoms with van der Waals surface area (Å²) in [5.74, 6) is 1.69. The van der Waals surface area contributed by atoms with Crippen LogP contribution in [0.25, 0.3) is 0 Å². The third-order valence-corrected chi connectivity index (χ3v) is 3.46. The molecular weight excluding hydrogens is 264 g/mol. The smallest absolute Gasteiger partial charge is 0.129 e. The van der Waals surface area contributed by atoms with Crippen LogP contribution in [-0.2, 0) is 13.5 Å². The van der Waals surface area contributed by atoms with Crippen LogP contribution in [0.5, 0.6) is 0 Å². The van der Waals surface area contributed by atoms with Crippen LogP contribution in [0.4, 0.5) is 5.82 Å². The van der Waals surface area contributed by atoms with Gasteiger partial charge in [-0.05, 0) is 27.4 Å².